The molecule has 1 unspecified atom stereocenters. The predicted octanol–water partition coefficient (Wildman–Crippen LogP) is 5.37. The Labute approximate surface area is 213 Å². The van der Waals surface area contributed by atoms with E-state index in [0.717, 1.165) is 48.9 Å². The molecule has 0 radical (unpaired) electrons. The molecule has 1 saturated carbocycles. The van der Waals surface area contributed by atoms with Gasteiger partial charge in [0.15, 0.2) is 0 Å². The highest BCUT2D eigenvalue weighted by molar-refractivity contribution is 6.00. The molecular formula is C30H36N4O2. The average Bonchev–Trinajstić information content (AvgIpc) is 3.15. The third-order valence-corrected chi connectivity index (χ3v) is 7.82. The van der Waals surface area contributed by atoms with Crippen LogP contribution in [-0.2, 0) is 24.3 Å². The van der Waals surface area contributed by atoms with E-state index in [4.69, 9.17) is 5.10 Å². The summed E-state index contributed by atoms with van der Waals surface area (Å²) in [6.45, 7) is 4.72. The number of hydrogen-bond acceptors (Lipinski definition) is 3. The van der Waals surface area contributed by atoms with Gasteiger partial charge in [-0.25, -0.2) is 0 Å². The number of aromatic nitrogens is 2. The number of benzene rings is 2. The fourth-order valence-electron chi connectivity index (χ4n) is 5.47. The van der Waals surface area contributed by atoms with E-state index in [1.165, 1.54) is 18.4 Å². The average molecular weight is 485 g/mol. The molecule has 1 aliphatic carbocycles. The fraction of sp³-hybridized carbons (Fsp3) is 0.433. The zero-order valence-corrected chi connectivity index (χ0v) is 21.4. The van der Waals surface area contributed by atoms with Crippen molar-refractivity contribution < 1.29 is 9.59 Å². The first-order valence-corrected chi connectivity index (χ1v) is 13.3. The van der Waals surface area contributed by atoms with Gasteiger partial charge in [0.25, 0.3) is 5.91 Å². The van der Waals surface area contributed by atoms with E-state index in [1.807, 2.05) is 43.3 Å². The summed E-state index contributed by atoms with van der Waals surface area (Å²) < 4.78 is 1.74. The van der Waals surface area contributed by atoms with Gasteiger partial charge in [0, 0.05) is 18.2 Å². The van der Waals surface area contributed by atoms with Crippen LogP contribution in [0.25, 0.3) is 11.3 Å². The molecule has 2 aliphatic rings. The van der Waals surface area contributed by atoms with E-state index in [0.29, 0.717) is 18.8 Å². The normalized spacial score (nSPS) is 20.6. The van der Waals surface area contributed by atoms with Gasteiger partial charge in [-0.1, -0.05) is 87.2 Å². The molecule has 2 heterocycles. The second kappa shape index (κ2) is 10.3. The van der Waals surface area contributed by atoms with Crippen LogP contribution < -0.4 is 5.32 Å². The molecule has 0 bridgehead atoms. The molecule has 0 saturated heterocycles. The third-order valence-electron chi connectivity index (χ3n) is 7.82. The Morgan fingerprint density at radius 2 is 1.69 bits per heavy atom. The minimum absolute atomic E-state index is 0.0892. The van der Waals surface area contributed by atoms with Crippen molar-refractivity contribution in [3.63, 3.8) is 0 Å². The van der Waals surface area contributed by atoms with E-state index >= 15 is 0 Å². The Kier molecular flexibility index (Phi) is 6.95. The molecule has 2 amide bonds. The predicted molar refractivity (Wildman–Crippen MR) is 141 cm³/mol. The molecule has 1 atom stereocenters. The molecule has 3 aromatic rings. The number of carbonyl (C=O) groups excluding carboxylic acids is 2. The summed E-state index contributed by atoms with van der Waals surface area (Å²) in [7, 11) is 0. The smallest absolute Gasteiger partial charge is 0.273 e. The van der Waals surface area contributed by atoms with Crippen molar-refractivity contribution in [3.8, 4) is 11.3 Å². The largest absolute Gasteiger partial charge is 0.351 e. The fourth-order valence-corrected chi connectivity index (χ4v) is 5.47. The lowest BCUT2D eigenvalue weighted by Gasteiger charge is -2.44. The van der Waals surface area contributed by atoms with Crippen molar-refractivity contribution in [2.45, 2.75) is 83.5 Å². The van der Waals surface area contributed by atoms with Crippen LogP contribution in [0.2, 0.25) is 0 Å². The van der Waals surface area contributed by atoms with E-state index in [-0.39, 0.29) is 17.9 Å². The van der Waals surface area contributed by atoms with Crippen molar-refractivity contribution in [2.24, 2.45) is 0 Å². The van der Waals surface area contributed by atoms with Gasteiger partial charge >= 0.3 is 0 Å². The zero-order valence-electron chi connectivity index (χ0n) is 21.4. The van der Waals surface area contributed by atoms with Crippen LogP contribution in [0.1, 0.15) is 74.0 Å². The first-order chi connectivity index (χ1) is 17.5. The summed E-state index contributed by atoms with van der Waals surface area (Å²) >= 11 is 0. The molecule has 1 aromatic heterocycles. The van der Waals surface area contributed by atoms with Gasteiger partial charge in [0.2, 0.25) is 5.91 Å². The Bertz CT molecular complexity index is 1210. The van der Waals surface area contributed by atoms with Crippen LogP contribution in [0, 0.1) is 0 Å². The van der Waals surface area contributed by atoms with Crippen LogP contribution in [0.3, 0.4) is 0 Å². The lowest BCUT2D eigenvalue weighted by atomic mass is 9.93. The van der Waals surface area contributed by atoms with Crippen molar-refractivity contribution in [1.29, 1.82) is 0 Å². The summed E-state index contributed by atoms with van der Waals surface area (Å²) in [5.74, 6) is -0.249. The molecule has 5 rings (SSSR count). The Balaban J connectivity index is 1.48. The number of carbonyl (C=O) groups is 2. The molecule has 2 aromatic carbocycles. The summed E-state index contributed by atoms with van der Waals surface area (Å²) in [5.41, 5.74) is 3.48. The molecule has 1 fully saturated rings. The van der Waals surface area contributed by atoms with E-state index in [9.17, 15) is 9.59 Å². The number of hydrogen-bond donors (Lipinski definition) is 1. The Morgan fingerprint density at radius 1 is 1.00 bits per heavy atom. The standard InChI is InChI=1S/C30H36N4O2/c1-3-22-15-17-24(18-16-22)26-19-27-28(35)33(20-23-11-7-6-8-12-23)30(2,21-34(27)32-26)29(36)31-25-13-9-4-5-10-14-25/h6-8,11-12,15-19,25H,3-5,9-10,13-14,20-21H2,1-2H3,(H,31,36). The van der Waals surface area contributed by atoms with E-state index in [2.05, 4.69) is 36.5 Å². The second-order valence-electron chi connectivity index (χ2n) is 10.4. The lowest BCUT2D eigenvalue weighted by Crippen LogP contribution is -2.64. The zero-order chi connectivity index (χ0) is 25.1. The topological polar surface area (TPSA) is 67.2 Å². The maximum Gasteiger partial charge on any atom is 0.273 e. The van der Waals surface area contributed by atoms with Crippen molar-refractivity contribution in [2.75, 3.05) is 0 Å². The highest BCUT2D eigenvalue weighted by Crippen LogP contribution is 2.32. The van der Waals surface area contributed by atoms with Crippen LogP contribution in [-0.4, -0.2) is 38.1 Å². The van der Waals surface area contributed by atoms with Crippen LogP contribution >= 0.6 is 0 Å². The monoisotopic (exact) mass is 484 g/mol. The van der Waals surface area contributed by atoms with Gasteiger partial charge in [-0.15, -0.1) is 0 Å². The molecule has 6 nitrogen and oxygen atoms in total. The number of nitrogens with zero attached hydrogens (tertiary/aromatic N) is 3. The van der Waals surface area contributed by atoms with Crippen molar-refractivity contribution in [3.05, 3.63) is 77.5 Å². The van der Waals surface area contributed by atoms with Crippen LogP contribution in [0.15, 0.2) is 60.7 Å². The Morgan fingerprint density at radius 3 is 2.36 bits per heavy atom. The summed E-state index contributed by atoms with van der Waals surface area (Å²) in [5, 5.41) is 8.11. The van der Waals surface area contributed by atoms with Gasteiger partial charge in [-0.3, -0.25) is 14.3 Å². The summed E-state index contributed by atoms with van der Waals surface area (Å²) in [6.07, 6.45) is 7.69. The number of rotatable bonds is 6. The van der Waals surface area contributed by atoms with Crippen LogP contribution in [0.5, 0.6) is 0 Å². The minimum atomic E-state index is -1.04. The molecule has 1 aliphatic heterocycles. The maximum absolute atomic E-state index is 13.9. The van der Waals surface area contributed by atoms with Crippen molar-refractivity contribution in [1.82, 2.24) is 20.0 Å². The first kappa shape index (κ1) is 24.3. The number of aryl methyl sites for hydroxylation is 1. The van der Waals surface area contributed by atoms with E-state index in [1.54, 1.807) is 9.58 Å². The minimum Gasteiger partial charge on any atom is -0.351 e. The quantitative estimate of drug-likeness (QED) is 0.479. The molecule has 0 spiro atoms. The molecule has 36 heavy (non-hydrogen) atoms. The molecular weight excluding hydrogens is 448 g/mol. The van der Waals surface area contributed by atoms with E-state index < -0.39 is 5.54 Å². The first-order valence-electron chi connectivity index (χ1n) is 13.3. The van der Waals surface area contributed by atoms with Crippen LogP contribution in [0.4, 0.5) is 0 Å². The highest BCUT2D eigenvalue weighted by atomic mass is 16.2. The molecule has 188 valence electrons. The van der Waals surface area contributed by atoms with Crippen molar-refractivity contribution >= 4 is 11.8 Å². The summed E-state index contributed by atoms with van der Waals surface area (Å²) in [6, 6.07) is 20.2. The van der Waals surface area contributed by atoms with Gasteiger partial charge < -0.3 is 10.2 Å². The highest BCUT2D eigenvalue weighted by Gasteiger charge is 2.48. The number of fused-ring (bicyclic) bond motifs is 1. The number of nitrogens with one attached hydrogen (secondary N) is 1. The molecule has 6 heteroatoms. The van der Waals surface area contributed by atoms with Gasteiger partial charge in [-0.05, 0) is 43.4 Å². The van der Waals surface area contributed by atoms with Gasteiger partial charge in [0.1, 0.15) is 11.2 Å². The number of amides is 2. The van der Waals surface area contributed by atoms with Gasteiger partial charge in [0.05, 0.1) is 12.2 Å². The lowest BCUT2D eigenvalue weighted by molar-refractivity contribution is -0.134. The summed E-state index contributed by atoms with van der Waals surface area (Å²) in [4.78, 5) is 29.5. The Hall–Kier alpha value is -3.41. The molecule has 1 N–H and O–H groups in total. The second-order valence-corrected chi connectivity index (χ2v) is 10.4. The SMILES string of the molecule is CCc1ccc(-c2cc3n(n2)CC(C)(C(=O)NC2CCCCCC2)N(Cc2ccccc2)C3=O)cc1. The van der Waals surface area contributed by atoms with Gasteiger partial charge in [-0.2, -0.15) is 5.10 Å². The maximum atomic E-state index is 13.9. The third kappa shape index (κ3) is 4.81.